The molecule has 1 aromatic rings. The first-order valence-electron chi connectivity index (χ1n) is 8.27. The number of likely N-dealkylation sites (tertiary alicyclic amines) is 1. The van der Waals surface area contributed by atoms with E-state index in [4.69, 9.17) is 0 Å². The maximum Gasteiger partial charge on any atom is 0.401 e. The Hall–Kier alpha value is -1.76. The first-order valence-corrected chi connectivity index (χ1v) is 8.27. The molecule has 1 aliphatic heterocycles. The van der Waals surface area contributed by atoms with Gasteiger partial charge in [-0.2, -0.15) is 13.2 Å². The second kappa shape index (κ2) is 8.92. The fraction of sp³-hybridized carbons (Fsp3) is 0.588. The standard InChI is InChI=1S/C17H24F3N3O/c18-17(19,20)13-23-10-7-15(8-11-23)12-22-16(24)21-9-6-14-4-2-1-3-5-14/h1-5,15H,6-13H2,(H2,21,22,24). The molecule has 0 spiro atoms. The van der Waals surface area contributed by atoms with Gasteiger partial charge in [0.15, 0.2) is 0 Å². The maximum atomic E-state index is 12.3. The summed E-state index contributed by atoms with van der Waals surface area (Å²) in [5, 5.41) is 5.61. The Morgan fingerprint density at radius 1 is 1.12 bits per heavy atom. The Bertz CT molecular complexity index is 500. The van der Waals surface area contributed by atoms with E-state index in [1.807, 2.05) is 30.3 Å². The van der Waals surface area contributed by atoms with Crippen molar-refractivity contribution in [2.45, 2.75) is 25.4 Å². The molecule has 0 radical (unpaired) electrons. The molecule has 7 heteroatoms. The maximum absolute atomic E-state index is 12.3. The van der Waals surface area contributed by atoms with Gasteiger partial charge in [0.05, 0.1) is 6.54 Å². The molecular weight excluding hydrogens is 319 g/mol. The Kier molecular flexibility index (Phi) is 6.90. The lowest BCUT2D eigenvalue weighted by atomic mass is 9.97. The van der Waals surface area contributed by atoms with E-state index in [1.165, 1.54) is 4.90 Å². The second-order valence-corrected chi connectivity index (χ2v) is 6.21. The van der Waals surface area contributed by atoms with E-state index < -0.39 is 12.7 Å². The van der Waals surface area contributed by atoms with Crippen LogP contribution in [0.4, 0.5) is 18.0 Å². The molecule has 0 saturated carbocycles. The van der Waals surface area contributed by atoms with E-state index in [-0.39, 0.29) is 11.9 Å². The third-order valence-corrected chi connectivity index (χ3v) is 4.20. The van der Waals surface area contributed by atoms with Gasteiger partial charge in [0, 0.05) is 13.1 Å². The first-order chi connectivity index (χ1) is 11.4. The van der Waals surface area contributed by atoms with Crippen molar-refractivity contribution in [2.75, 3.05) is 32.7 Å². The van der Waals surface area contributed by atoms with Gasteiger partial charge in [-0.1, -0.05) is 30.3 Å². The minimum Gasteiger partial charge on any atom is -0.338 e. The van der Waals surface area contributed by atoms with Crippen molar-refractivity contribution in [2.24, 2.45) is 5.92 Å². The number of hydrogen-bond donors (Lipinski definition) is 2. The summed E-state index contributed by atoms with van der Waals surface area (Å²) in [6, 6.07) is 9.66. The SMILES string of the molecule is O=C(NCCc1ccccc1)NCC1CCN(CC(F)(F)F)CC1. The largest absolute Gasteiger partial charge is 0.401 e. The van der Waals surface area contributed by atoms with Gasteiger partial charge in [0.1, 0.15) is 0 Å². The van der Waals surface area contributed by atoms with E-state index in [0.717, 1.165) is 12.0 Å². The van der Waals surface area contributed by atoms with Crippen molar-refractivity contribution >= 4 is 6.03 Å². The third kappa shape index (κ3) is 7.21. The molecule has 0 aliphatic carbocycles. The van der Waals surface area contributed by atoms with Crippen molar-refractivity contribution in [3.8, 4) is 0 Å². The van der Waals surface area contributed by atoms with E-state index in [2.05, 4.69) is 10.6 Å². The summed E-state index contributed by atoms with van der Waals surface area (Å²) in [7, 11) is 0. The molecule has 1 saturated heterocycles. The first kappa shape index (κ1) is 18.6. The van der Waals surface area contributed by atoms with Gasteiger partial charge in [0.25, 0.3) is 0 Å². The van der Waals surface area contributed by atoms with Crippen LogP contribution >= 0.6 is 0 Å². The number of halogens is 3. The molecule has 2 amide bonds. The van der Waals surface area contributed by atoms with Crippen molar-refractivity contribution in [1.82, 2.24) is 15.5 Å². The number of amides is 2. The molecular formula is C17H24F3N3O. The predicted molar refractivity (Wildman–Crippen MR) is 86.8 cm³/mol. The normalized spacial score (nSPS) is 16.8. The summed E-state index contributed by atoms with van der Waals surface area (Å²) in [6.07, 6.45) is -2.01. The van der Waals surface area contributed by atoms with E-state index >= 15 is 0 Å². The number of urea groups is 1. The molecule has 1 aromatic carbocycles. The second-order valence-electron chi connectivity index (χ2n) is 6.21. The fourth-order valence-electron chi connectivity index (χ4n) is 2.87. The highest BCUT2D eigenvalue weighted by atomic mass is 19.4. The smallest absolute Gasteiger partial charge is 0.338 e. The van der Waals surface area contributed by atoms with Gasteiger partial charge in [-0.25, -0.2) is 4.79 Å². The number of nitrogens with one attached hydrogen (secondary N) is 2. The zero-order chi connectivity index (χ0) is 17.4. The van der Waals surface area contributed by atoms with Crippen LogP contribution in [0, 0.1) is 5.92 Å². The van der Waals surface area contributed by atoms with Crippen LogP contribution in [0.3, 0.4) is 0 Å². The highest BCUT2D eigenvalue weighted by Gasteiger charge is 2.32. The van der Waals surface area contributed by atoms with Crippen molar-refractivity contribution < 1.29 is 18.0 Å². The summed E-state index contributed by atoms with van der Waals surface area (Å²) < 4.78 is 37.0. The lowest BCUT2D eigenvalue weighted by Gasteiger charge is -2.32. The van der Waals surface area contributed by atoms with Gasteiger partial charge < -0.3 is 10.6 Å². The summed E-state index contributed by atoms with van der Waals surface area (Å²) in [5.41, 5.74) is 1.16. The van der Waals surface area contributed by atoms with Crippen LogP contribution in [0.15, 0.2) is 30.3 Å². The summed E-state index contributed by atoms with van der Waals surface area (Å²) in [4.78, 5) is 13.2. The summed E-state index contributed by atoms with van der Waals surface area (Å²) >= 11 is 0. The highest BCUT2D eigenvalue weighted by Crippen LogP contribution is 2.22. The van der Waals surface area contributed by atoms with Crippen LogP contribution in [0.1, 0.15) is 18.4 Å². The molecule has 0 unspecified atom stereocenters. The number of carbonyl (C=O) groups excluding carboxylic acids is 1. The Morgan fingerprint density at radius 3 is 2.42 bits per heavy atom. The third-order valence-electron chi connectivity index (χ3n) is 4.20. The van der Waals surface area contributed by atoms with E-state index in [1.54, 1.807) is 0 Å². The molecule has 1 heterocycles. The number of rotatable bonds is 6. The molecule has 2 rings (SSSR count). The van der Waals surface area contributed by atoms with Gasteiger partial charge in [-0.15, -0.1) is 0 Å². The zero-order valence-electron chi connectivity index (χ0n) is 13.6. The van der Waals surface area contributed by atoms with E-state index in [9.17, 15) is 18.0 Å². The van der Waals surface area contributed by atoms with Crippen molar-refractivity contribution in [3.63, 3.8) is 0 Å². The molecule has 1 aliphatic rings. The number of benzene rings is 1. The monoisotopic (exact) mass is 343 g/mol. The van der Waals surface area contributed by atoms with Gasteiger partial charge in [0.2, 0.25) is 0 Å². The lowest BCUT2D eigenvalue weighted by Crippen LogP contribution is -2.44. The van der Waals surface area contributed by atoms with Gasteiger partial charge in [-0.05, 0) is 43.8 Å². The number of hydrogen-bond acceptors (Lipinski definition) is 2. The molecule has 1 fully saturated rings. The molecule has 4 nitrogen and oxygen atoms in total. The molecule has 24 heavy (non-hydrogen) atoms. The molecule has 0 aromatic heterocycles. The van der Waals surface area contributed by atoms with Crippen LogP contribution in [0.5, 0.6) is 0 Å². The van der Waals surface area contributed by atoms with Crippen molar-refractivity contribution in [1.29, 1.82) is 0 Å². The number of alkyl halides is 3. The molecule has 134 valence electrons. The van der Waals surface area contributed by atoms with Gasteiger partial charge in [-0.3, -0.25) is 4.90 Å². The Balaban J connectivity index is 1.56. The summed E-state index contributed by atoms with van der Waals surface area (Å²) in [5.74, 6) is 0.245. The van der Waals surface area contributed by atoms with Gasteiger partial charge >= 0.3 is 12.2 Å². The highest BCUT2D eigenvalue weighted by molar-refractivity contribution is 5.73. The summed E-state index contributed by atoms with van der Waals surface area (Å²) in [6.45, 7) is 1.09. The molecule has 0 bridgehead atoms. The minimum absolute atomic E-state index is 0.219. The van der Waals surface area contributed by atoms with Crippen LogP contribution in [-0.4, -0.2) is 49.8 Å². The zero-order valence-corrected chi connectivity index (χ0v) is 13.6. The predicted octanol–water partition coefficient (Wildman–Crippen LogP) is 2.80. The van der Waals surface area contributed by atoms with Crippen LogP contribution < -0.4 is 10.6 Å². The number of piperidine rings is 1. The minimum atomic E-state index is -4.14. The van der Waals surface area contributed by atoms with Crippen LogP contribution in [-0.2, 0) is 6.42 Å². The molecule has 0 atom stereocenters. The Morgan fingerprint density at radius 2 is 1.79 bits per heavy atom. The average Bonchev–Trinajstić information content (AvgIpc) is 2.54. The van der Waals surface area contributed by atoms with Crippen molar-refractivity contribution in [3.05, 3.63) is 35.9 Å². The van der Waals surface area contributed by atoms with Crippen LogP contribution in [0.2, 0.25) is 0 Å². The lowest BCUT2D eigenvalue weighted by molar-refractivity contribution is -0.148. The number of carbonyl (C=O) groups is 1. The fourth-order valence-corrected chi connectivity index (χ4v) is 2.87. The van der Waals surface area contributed by atoms with E-state index in [0.29, 0.717) is 39.0 Å². The average molecular weight is 343 g/mol. The van der Waals surface area contributed by atoms with Crippen LogP contribution in [0.25, 0.3) is 0 Å². The quantitative estimate of drug-likeness (QED) is 0.834. The Labute approximate surface area is 140 Å². The topological polar surface area (TPSA) is 44.4 Å². The number of nitrogens with zero attached hydrogens (tertiary/aromatic N) is 1. The molecule has 2 N–H and O–H groups in total.